The topological polar surface area (TPSA) is 54.5 Å². The quantitative estimate of drug-likeness (QED) is 0.655. The van der Waals surface area contributed by atoms with Crippen molar-refractivity contribution in [2.24, 2.45) is 5.92 Å². The van der Waals surface area contributed by atoms with Crippen molar-refractivity contribution in [1.82, 2.24) is 10.3 Å². The number of aromatic nitrogens is 1. The van der Waals surface area contributed by atoms with Crippen LogP contribution in [0.3, 0.4) is 0 Å². The van der Waals surface area contributed by atoms with Gasteiger partial charge in [0.2, 0.25) is 5.91 Å². The van der Waals surface area contributed by atoms with E-state index in [1.165, 1.54) is 31.3 Å². The van der Waals surface area contributed by atoms with Crippen LogP contribution in [-0.4, -0.2) is 37.1 Å². The standard InChI is InChI=1S/C23H31N3O2S/c1-2-28-19-10-11-20-21(15-19)29-23(25-20)26-14-6-9-18(16-26)22(27)24-13-12-17-7-4-3-5-8-17/h7,10-11,15,18H,2-6,8-9,12-14,16H2,1H3,(H,24,27)/t18-/m0/s1. The fourth-order valence-electron chi connectivity index (χ4n) is 4.27. The second-order valence-corrected chi connectivity index (χ2v) is 9.00. The van der Waals surface area contributed by atoms with Crippen molar-refractivity contribution in [1.29, 1.82) is 0 Å². The third kappa shape index (κ3) is 5.10. The van der Waals surface area contributed by atoms with E-state index in [0.29, 0.717) is 6.61 Å². The Labute approximate surface area is 177 Å². The molecule has 1 atom stereocenters. The minimum Gasteiger partial charge on any atom is -0.494 e. The number of benzene rings is 1. The normalized spacial score (nSPS) is 19.8. The van der Waals surface area contributed by atoms with Gasteiger partial charge in [-0.1, -0.05) is 23.0 Å². The highest BCUT2D eigenvalue weighted by molar-refractivity contribution is 7.22. The molecule has 0 unspecified atom stereocenters. The lowest BCUT2D eigenvalue weighted by Gasteiger charge is -2.31. The van der Waals surface area contributed by atoms with Crippen LogP contribution in [0.25, 0.3) is 10.2 Å². The van der Waals surface area contributed by atoms with E-state index in [1.807, 2.05) is 19.1 Å². The van der Waals surface area contributed by atoms with Crippen LogP contribution in [0.1, 0.15) is 51.9 Å². The summed E-state index contributed by atoms with van der Waals surface area (Å²) in [7, 11) is 0. The van der Waals surface area contributed by atoms with Gasteiger partial charge in [0.25, 0.3) is 0 Å². The SMILES string of the molecule is CCOc1ccc2nc(N3CCC[C@H](C(=O)NCCC4=CCCCC4)C3)sc2c1. The van der Waals surface area contributed by atoms with E-state index in [-0.39, 0.29) is 11.8 Å². The van der Waals surface area contributed by atoms with Crippen LogP contribution in [0, 0.1) is 5.92 Å². The second kappa shape index (κ2) is 9.61. The number of nitrogens with one attached hydrogen (secondary N) is 1. The maximum absolute atomic E-state index is 12.7. The van der Waals surface area contributed by atoms with Gasteiger partial charge in [-0.2, -0.15) is 0 Å². The lowest BCUT2D eigenvalue weighted by molar-refractivity contribution is -0.125. The van der Waals surface area contributed by atoms with E-state index in [2.05, 4.69) is 22.4 Å². The Kier molecular flexibility index (Phi) is 6.70. The molecule has 2 aliphatic rings. The number of hydrogen-bond acceptors (Lipinski definition) is 5. The monoisotopic (exact) mass is 413 g/mol. The molecule has 1 aromatic heterocycles. The summed E-state index contributed by atoms with van der Waals surface area (Å²) in [4.78, 5) is 19.8. The number of carbonyl (C=O) groups is 1. The molecule has 29 heavy (non-hydrogen) atoms. The van der Waals surface area contributed by atoms with Gasteiger partial charge in [0.15, 0.2) is 5.13 Å². The van der Waals surface area contributed by atoms with Crippen LogP contribution < -0.4 is 15.0 Å². The van der Waals surface area contributed by atoms with Gasteiger partial charge in [-0.3, -0.25) is 4.79 Å². The molecule has 1 N–H and O–H groups in total. The number of hydrogen-bond donors (Lipinski definition) is 1. The summed E-state index contributed by atoms with van der Waals surface area (Å²) in [5.41, 5.74) is 2.52. The summed E-state index contributed by atoms with van der Waals surface area (Å²) >= 11 is 1.69. The molecule has 2 heterocycles. The molecule has 0 spiro atoms. The van der Waals surface area contributed by atoms with Gasteiger partial charge < -0.3 is 15.0 Å². The number of nitrogens with zero attached hydrogens (tertiary/aromatic N) is 2. The second-order valence-electron chi connectivity index (χ2n) is 7.99. The first-order valence-corrected chi connectivity index (χ1v) is 11.8. The Balaban J connectivity index is 1.34. The average Bonchev–Trinajstić information content (AvgIpc) is 3.18. The zero-order valence-corrected chi connectivity index (χ0v) is 18.1. The fourth-order valence-corrected chi connectivity index (χ4v) is 5.30. The number of ether oxygens (including phenoxy) is 1. The van der Waals surface area contributed by atoms with Gasteiger partial charge in [0.05, 0.1) is 22.7 Å². The van der Waals surface area contributed by atoms with E-state index in [0.717, 1.165) is 60.0 Å². The molecule has 1 amide bonds. The van der Waals surface area contributed by atoms with Crippen LogP contribution in [0.15, 0.2) is 29.8 Å². The summed E-state index contributed by atoms with van der Waals surface area (Å²) in [6.45, 7) is 5.15. The molecule has 5 nitrogen and oxygen atoms in total. The van der Waals surface area contributed by atoms with E-state index >= 15 is 0 Å². The number of anilines is 1. The summed E-state index contributed by atoms with van der Waals surface area (Å²) < 4.78 is 6.74. The number of fused-ring (bicyclic) bond motifs is 1. The molecule has 0 saturated carbocycles. The molecule has 1 fully saturated rings. The molecule has 1 aliphatic carbocycles. The van der Waals surface area contributed by atoms with Crippen LogP contribution in [0.5, 0.6) is 5.75 Å². The van der Waals surface area contributed by atoms with Gasteiger partial charge in [-0.15, -0.1) is 0 Å². The first-order chi connectivity index (χ1) is 14.2. The maximum atomic E-state index is 12.7. The van der Waals surface area contributed by atoms with Crippen LogP contribution >= 0.6 is 11.3 Å². The van der Waals surface area contributed by atoms with Gasteiger partial charge in [-0.05, 0) is 70.1 Å². The first-order valence-electron chi connectivity index (χ1n) is 11.0. The third-order valence-corrected chi connectivity index (χ3v) is 6.93. The number of amides is 1. The Bertz CT molecular complexity index is 876. The number of piperidine rings is 1. The zero-order chi connectivity index (χ0) is 20.1. The molecule has 156 valence electrons. The highest BCUT2D eigenvalue weighted by Gasteiger charge is 2.27. The Hall–Kier alpha value is -2.08. The Morgan fingerprint density at radius 3 is 3.10 bits per heavy atom. The predicted molar refractivity (Wildman–Crippen MR) is 120 cm³/mol. The molecular formula is C23H31N3O2S. The van der Waals surface area contributed by atoms with Gasteiger partial charge in [-0.25, -0.2) is 4.98 Å². The largest absolute Gasteiger partial charge is 0.494 e. The summed E-state index contributed by atoms with van der Waals surface area (Å²) in [6.07, 6.45) is 10.4. The minimum atomic E-state index is 0.0510. The van der Waals surface area contributed by atoms with Crippen molar-refractivity contribution in [2.45, 2.75) is 51.9 Å². The molecule has 2 aromatic rings. The van der Waals surface area contributed by atoms with E-state index < -0.39 is 0 Å². The third-order valence-electron chi connectivity index (χ3n) is 5.85. The Morgan fingerprint density at radius 2 is 2.28 bits per heavy atom. The lowest BCUT2D eigenvalue weighted by atomic mass is 9.96. The predicted octanol–water partition coefficient (Wildman–Crippen LogP) is 4.92. The maximum Gasteiger partial charge on any atom is 0.224 e. The van der Waals surface area contributed by atoms with Crippen molar-refractivity contribution in [3.63, 3.8) is 0 Å². The highest BCUT2D eigenvalue weighted by atomic mass is 32.1. The number of rotatable bonds is 7. The van der Waals surface area contributed by atoms with Crippen molar-refractivity contribution in [3.05, 3.63) is 29.8 Å². The lowest BCUT2D eigenvalue weighted by Crippen LogP contribution is -2.43. The molecule has 1 aromatic carbocycles. The van der Waals surface area contributed by atoms with Crippen LogP contribution in [0.4, 0.5) is 5.13 Å². The van der Waals surface area contributed by atoms with Gasteiger partial charge in [0, 0.05) is 19.6 Å². The molecular weight excluding hydrogens is 382 g/mol. The van der Waals surface area contributed by atoms with Gasteiger partial charge >= 0.3 is 0 Å². The summed E-state index contributed by atoms with van der Waals surface area (Å²) in [5.74, 6) is 1.14. The van der Waals surface area contributed by atoms with Crippen molar-refractivity contribution >= 4 is 32.6 Å². The van der Waals surface area contributed by atoms with E-state index in [1.54, 1.807) is 11.3 Å². The number of allylic oxidation sites excluding steroid dienone is 1. The van der Waals surface area contributed by atoms with E-state index in [9.17, 15) is 4.79 Å². The Morgan fingerprint density at radius 1 is 1.34 bits per heavy atom. The average molecular weight is 414 g/mol. The van der Waals surface area contributed by atoms with Crippen molar-refractivity contribution in [2.75, 3.05) is 31.1 Å². The smallest absolute Gasteiger partial charge is 0.224 e. The summed E-state index contributed by atoms with van der Waals surface area (Å²) in [6, 6.07) is 6.06. The number of carbonyl (C=O) groups excluding carboxylic acids is 1. The first kappa shape index (κ1) is 20.2. The summed E-state index contributed by atoms with van der Waals surface area (Å²) in [5, 5.41) is 4.19. The molecule has 4 rings (SSSR count). The molecule has 1 saturated heterocycles. The van der Waals surface area contributed by atoms with E-state index in [4.69, 9.17) is 9.72 Å². The minimum absolute atomic E-state index is 0.0510. The van der Waals surface area contributed by atoms with Crippen molar-refractivity contribution < 1.29 is 9.53 Å². The number of thiazole rings is 1. The molecule has 0 bridgehead atoms. The van der Waals surface area contributed by atoms with Crippen molar-refractivity contribution in [3.8, 4) is 5.75 Å². The zero-order valence-electron chi connectivity index (χ0n) is 17.3. The fraction of sp³-hybridized carbons (Fsp3) is 0.565. The van der Waals surface area contributed by atoms with Crippen LogP contribution in [0.2, 0.25) is 0 Å². The highest BCUT2D eigenvalue weighted by Crippen LogP contribution is 2.33. The van der Waals surface area contributed by atoms with Crippen LogP contribution in [-0.2, 0) is 4.79 Å². The molecule has 1 aliphatic heterocycles. The van der Waals surface area contributed by atoms with Gasteiger partial charge in [0.1, 0.15) is 5.75 Å². The molecule has 6 heteroatoms. The molecule has 0 radical (unpaired) electrons.